The van der Waals surface area contributed by atoms with Crippen LogP contribution < -0.4 is 0 Å². The van der Waals surface area contributed by atoms with Crippen molar-refractivity contribution in [2.45, 2.75) is 20.0 Å². The van der Waals surface area contributed by atoms with Crippen LogP contribution in [0, 0.1) is 18.8 Å². The lowest BCUT2D eigenvalue weighted by Gasteiger charge is -2.21. The third-order valence-corrected chi connectivity index (χ3v) is 5.34. The van der Waals surface area contributed by atoms with Gasteiger partial charge < -0.3 is 9.47 Å². The molecule has 0 N–H and O–H groups in total. The Hall–Kier alpha value is -2.14. The van der Waals surface area contributed by atoms with Gasteiger partial charge in [-0.15, -0.1) is 0 Å². The van der Waals surface area contributed by atoms with Crippen LogP contribution in [0.1, 0.15) is 17.0 Å². The lowest BCUT2D eigenvalue weighted by Crippen LogP contribution is -2.32. The first-order valence-corrected chi connectivity index (χ1v) is 8.63. The monoisotopic (exact) mass is 324 g/mol. The number of hydrogen-bond donors (Lipinski definition) is 0. The number of nitrogens with zero attached hydrogens (tertiary/aromatic N) is 4. The fourth-order valence-electron chi connectivity index (χ4n) is 4.08. The third kappa shape index (κ3) is 2.84. The summed E-state index contributed by atoms with van der Waals surface area (Å²) in [6, 6.07) is 8.46. The van der Waals surface area contributed by atoms with Crippen LogP contribution in [0.5, 0.6) is 0 Å². The Morgan fingerprint density at radius 2 is 2.08 bits per heavy atom. The largest absolute Gasteiger partial charge is 0.338 e. The SMILES string of the molecule is Cc1cccc(CN2C[C@@H]3CN(Cc4nccn4C)C[C@@H]3C2=O)c1. The molecule has 5 nitrogen and oxygen atoms in total. The molecule has 2 fully saturated rings. The van der Waals surface area contributed by atoms with Gasteiger partial charge in [-0.05, 0) is 12.5 Å². The number of hydrogen-bond acceptors (Lipinski definition) is 3. The summed E-state index contributed by atoms with van der Waals surface area (Å²) in [5, 5.41) is 0. The van der Waals surface area contributed by atoms with Crippen LogP contribution in [-0.4, -0.2) is 44.9 Å². The first kappa shape index (κ1) is 15.4. The highest BCUT2D eigenvalue weighted by Crippen LogP contribution is 2.33. The van der Waals surface area contributed by atoms with Crippen molar-refractivity contribution in [3.05, 3.63) is 53.6 Å². The molecule has 0 saturated carbocycles. The number of aromatic nitrogens is 2. The summed E-state index contributed by atoms with van der Waals surface area (Å²) in [6.07, 6.45) is 3.81. The first-order valence-electron chi connectivity index (χ1n) is 8.63. The topological polar surface area (TPSA) is 41.4 Å². The summed E-state index contributed by atoms with van der Waals surface area (Å²) in [5.41, 5.74) is 2.48. The van der Waals surface area contributed by atoms with Crippen LogP contribution in [-0.2, 0) is 24.9 Å². The van der Waals surface area contributed by atoms with E-state index in [1.807, 2.05) is 24.3 Å². The van der Waals surface area contributed by atoms with Crippen LogP contribution in [0.15, 0.2) is 36.7 Å². The number of fused-ring (bicyclic) bond motifs is 1. The van der Waals surface area contributed by atoms with Gasteiger partial charge in [0.2, 0.25) is 5.91 Å². The van der Waals surface area contributed by atoms with Gasteiger partial charge in [0.1, 0.15) is 5.82 Å². The zero-order valence-corrected chi connectivity index (χ0v) is 14.4. The Balaban J connectivity index is 1.39. The van der Waals surface area contributed by atoms with Gasteiger partial charge in [0.05, 0.1) is 12.5 Å². The van der Waals surface area contributed by atoms with Crippen molar-refractivity contribution in [3.63, 3.8) is 0 Å². The standard InChI is InChI=1S/C19H24N4O/c1-14-4-3-5-15(8-14)9-23-11-16-10-22(12-17(16)19(23)24)13-18-20-6-7-21(18)2/h3-8,16-17H,9-13H2,1-2H3/t16-,17-/m0/s1. The van der Waals surface area contributed by atoms with E-state index in [9.17, 15) is 4.79 Å². The molecule has 1 aromatic heterocycles. The van der Waals surface area contributed by atoms with Crippen molar-refractivity contribution in [2.24, 2.45) is 18.9 Å². The fourth-order valence-corrected chi connectivity index (χ4v) is 4.08. The molecule has 1 aromatic carbocycles. The number of likely N-dealkylation sites (tertiary alicyclic amines) is 2. The maximum absolute atomic E-state index is 12.8. The molecule has 126 valence electrons. The maximum Gasteiger partial charge on any atom is 0.227 e. The van der Waals surface area contributed by atoms with E-state index in [1.165, 1.54) is 11.1 Å². The van der Waals surface area contributed by atoms with E-state index in [-0.39, 0.29) is 5.92 Å². The summed E-state index contributed by atoms with van der Waals surface area (Å²) in [7, 11) is 2.02. The smallest absolute Gasteiger partial charge is 0.227 e. The molecule has 4 rings (SSSR count). The van der Waals surface area contributed by atoms with Crippen molar-refractivity contribution >= 4 is 5.91 Å². The first-order chi connectivity index (χ1) is 11.6. The average Bonchev–Trinajstić information content (AvgIpc) is 3.19. The minimum absolute atomic E-state index is 0.162. The molecule has 2 aliphatic rings. The molecular formula is C19H24N4O. The molecule has 0 unspecified atom stereocenters. The average molecular weight is 324 g/mol. The number of rotatable bonds is 4. The highest BCUT2D eigenvalue weighted by molar-refractivity contribution is 5.82. The zero-order valence-electron chi connectivity index (χ0n) is 14.4. The third-order valence-electron chi connectivity index (χ3n) is 5.34. The second-order valence-corrected chi connectivity index (χ2v) is 7.22. The Kier molecular flexibility index (Phi) is 3.88. The minimum Gasteiger partial charge on any atom is -0.338 e. The number of carbonyl (C=O) groups is 1. The van der Waals surface area contributed by atoms with Crippen molar-refractivity contribution in [3.8, 4) is 0 Å². The van der Waals surface area contributed by atoms with Crippen LogP contribution in [0.25, 0.3) is 0 Å². The Morgan fingerprint density at radius 1 is 1.21 bits per heavy atom. The predicted molar refractivity (Wildman–Crippen MR) is 92.1 cm³/mol. The van der Waals surface area contributed by atoms with Crippen molar-refractivity contribution in [1.29, 1.82) is 0 Å². The van der Waals surface area contributed by atoms with E-state index in [1.54, 1.807) is 0 Å². The lowest BCUT2D eigenvalue weighted by atomic mass is 10.0. The van der Waals surface area contributed by atoms with Crippen LogP contribution >= 0.6 is 0 Å². The molecule has 2 aliphatic heterocycles. The predicted octanol–water partition coefficient (Wildman–Crippen LogP) is 1.82. The van der Waals surface area contributed by atoms with Gasteiger partial charge >= 0.3 is 0 Å². The summed E-state index contributed by atoms with van der Waals surface area (Å²) in [5.74, 6) is 2.01. The van der Waals surface area contributed by atoms with Crippen molar-refractivity contribution in [2.75, 3.05) is 19.6 Å². The Labute approximate surface area is 142 Å². The Bertz CT molecular complexity index is 753. The van der Waals surface area contributed by atoms with Gasteiger partial charge in [-0.1, -0.05) is 29.8 Å². The molecule has 2 saturated heterocycles. The number of aryl methyl sites for hydroxylation is 2. The normalized spacial score (nSPS) is 23.9. The molecule has 0 spiro atoms. The van der Waals surface area contributed by atoms with E-state index in [0.29, 0.717) is 11.8 Å². The molecule has 0 bridgehead atoms. The highest BCUT2D eigenvalue weighted by Gasteiger charge is 2.46. The molecule has 0 radical (unpaired) electrons. The maximum atomic E-state index is 12.8. The second kappa shape index (κ2) is 6.06. The molecule has 3 heterocycles. The van der Waals surface area contributed by atoms with Gasteiger partial charge in [-0.25, -0.2) is 4.98 Å². The molecule has 5 heteroatoms. The summed E-state index contributed by atoms with van der Waals surface area (Å²) < 4.78 is 2.06. The quantitative estimate of drug-likeness (QED) is 0.861. The van der Waals surface area contributed by atoms with Gasteiger partial charge in [0.15, 0.2) is 0 Å². The van der Waals surface area contributed by atoms with E-state index < -0.39 is 0 Å². The lowest BCUT2D eigenvalue weighted by molar-refractivity contribution is -0.131. The molecule has 1 amide bonds. The van der Waals surface area contributed by atoms with Gasteiger partial charge in [-0.3, -0.25) is 9.69 Å². The van der Waals surface area contributed by atoms with Gasteiger partial charge in [-0.2, -0.15) is 0 Å². The van der Waals surface area contributed by atoms with E-state index in [4.69, 9.17) is 0 Å². The summed E-state index contributed by atoms with van der Waals surface area (Å²) in [6.45, 7) is 6.41. The molecular weight excluding hydrogens is 300 g/mol. The summed E-state index contributed by atoms with van der Waals surface area (Å²) in [4.78, 5) is 21.6. The van der Waals surface area contributed by atoms with Gasteiger partial charge in [0, 0.05) is 51.5 Å². The molecule has 2 atom stereocenters. The Morgan fingerprint density at radius 3 is 2.79 bits per heavy atom. The molecule has 0 aliphatic carbocycles. The number of benzene rings is 1. The van der Waals surface area contributed by atoms with Crippen LogP contribution in [0.4, 0.5) is 0 Å². The van der Waals surface area contributed by atoms with Crippen LogP contribution in [0.3, 0.4) is 0 Å². The highest BCUT2D eigenvalue weighted by atomic mass is 16.2. The van der Waals surface area contributed by atoms with E-state index in [2.05, 4.69) is 45.6 Å². The zero-order chi connectivity index (χ0) is 16.7. The second-order valence-electron chi connectivity index (χ2n) is 7.22. The number of imidazole rings is 1. The van der Waals surface area contributed by atoms with Gasteiger partial charge in [0.25, 0.3) is 0 Å². The number of amides is 1. The van der Waals surface area contributed by atoms with Crippen molar-refractivity contribution in [1.82, 2.24) is 19.4 Å². The summed E-state index contributed by atoms with van der Waals surface area (Å²) >= 11 is 0. The number of carbonyl (C=O) groups excluding carboxylic acids is 1. The fraction of sp³-hybridized carbons (Fsp3) is 0.474. The minimum atomic E-state index is 0.162. The van der Waals surface area contributed by atoms with Crippen LogP contribution in [0.2, 0.25) is 0 Å². The molecule has 2 aromatic rings. The van der Waals surface area contributed by atoms with E-state index in [0.717, 1.165) is 38.5 Å². The van der Waals surface area contributed by atoms with E-state index >= 15 is 0 Å². The molecule has 24 heavy (non-hydrogen) atoms. The van der Waals surface area contributed by atoms with Crippen molar-refractivity contribution < 1.29 is 4.79 Å².